The molecule has 0 fully saturated rings. The maximum absolute atomic E-state index is 14.0. The summed E-state index contributed by atoms with van der Waals surface area (Å²) in [5.41, 5.74) is 3.21. The van der Waals surface area contributed by atoms with Gasteiger partial charge in [0.15, 0.2) is 0 Å². The van der Waals surface area contributed by atoms with Gasteiger partial charge in [-0.05, 0) is 30.7 Å². The van der Waals surface area contributed by atoms with Gasteiger partial charge in [0.2, 0.25) is 0 Å². The molecule has 26 heavy (non-hydrogen) atoms. The topological polar surface area (TPSA) is 64.0 Å². The normalized spacial score (nSPS) is 15.7. The fourth-order valence-electron chi connectivity index (χ4n) is 3.05. The van der Waals surface area contributed by atoms with Crippen molar-refractivity contribution in [2.24, 2.45) is 0 Å². The average molecular weight is 369 g/mol. The predicted octanol–water partition coefficient (Wildman–Crippen LogP) is 3.33. The quantitative estimate of drug-likeness (QED) is 0.770. The van der Waals surface area contributed by atoms with Gasteiger partial charge in [-0.2, -0.15) is 5.10 Å². The van der Waals surface area contributed by atoms with Gasteiger partial charge >= 0.3 is 0 Å². The van der Waals surface area contributed by atoms with E-state index in [0.717, 1.165) is 16.8 Å². The molecule has 0 aliphatic carbocycles. The van der Waals surface area contributed by atoms with Crippen molar-refractivity contribution in [3.8, 4) is 5.69 Å². The van der Waals surface area contributed by atoms with Crippen LogP contribution in [-0.4, -0.2) is 19.9 Å². The summed E-state index contributed by atoms with van der Waals surface area (Å²) in [4.78, 5) is 12.6. The minimum Gasteiger partial charge on any atom is -0.306 e. The fourth-order valence-corrected chi connectivity index (χ4v) is 4.32. The molecule has 2 aromatic carbocycles. The molecule has 1 aliphatic heterocycles. The van der Waals surface area contributed by atoms with Crippen LogP contribution in [0.1, 0.15) is 27.2 Å². The molecule has 4 rings (SSSR count). The van der Waals surface area contributed by atoms with E-state index in [2.05, 4.69) is 10.4 Å². The van der Waals surface area contributed by atoms with E-state index < -0.39 is 22.5 Å². The fraction of sp³-hybridized carbons (Fsp3) is 0.158. The summed E-state index contributed by atoms with van der Waals surface area (Å²) in [6.45, 7) is 1.95. The van der Waals surface area contributed by atoms with Gasteiger partial charge in [0, 0.05) is 16.4 Å². The molecular formula is C19H16FN3O2S. The highest BCUT2D eigenvalue weighted by Crippen LogP contribution is 2.32. The zero-order chi connectivity index (χ0) is 18.3. The van der Waals surface area contributed by atoms with E-state index in [1.54, 1.807) is 10.7 Å². The van der Waals surface area contributed by atoms with Crippen molar-refractivity contribution < 1.29 is 13.4 Å². The van der Waals surface area contributed by atoms with Crippen LogP contribution in [0.2, 0.25) is 0 Å². The number of carbonyl (C=O) groups excluding carboxylic acids is 1. The number of para-hydroxylation sites is 1. The average Bonchev–Trinajstić information content (AvgIpc) is 3.13. The van der Waals surface area contributed by atoms with Crippen molar-refractivity contribution in [1.82, 2.24) is 9.78 Å². The van der Waals surface area contributed by atoms with Crippen molar-refractivity contribution in [3.05, 3.63) is 76.7 Å². The van der Waals surface area contributed by atoms with Crippen LogP contribution in [0, 0.1) is 12.7 Å². The summed E-state index contributed by atoms with van der Waals surface area (Å²) in [7, 11) is -1.03. The summed E-state index contributed by atoms with van der Waals surface area (Å²) < 4.78 is 27.5. The Bertz CT molecular complexity index is 1050. The van der Waals surface area contributed by atoms with Gasteiger partial charge in [-0.3, -0.25) is 9.00 Å². The van der Waals surface area contributed by atoms with E-state index in [1.165, 1.54) is 18.2 Å². The van der Waals surface area contributed by atoms with Gasteiger partial charge in [-0.1, -0.05) is 30.3 Å². The smallest absolute Gasteiger partial charge is 0.259 e. The Labute approximate surface area is 152 Å². The number of carbonyl (C=O) groups is 1. The highest BCUT2D eigenvalue weighted by atomic mass is 32.2. The Morgan fingerprint density at radius 2 is 1.88 bits per heavy atom. The molecule has 0 spiro atoms. The number of nitrogens with zero attached hydrogens (tertiary/aromatic N) is 2. The molecule has 7 heteroatoms. The summed E-state index contributed by atoms with van der Waals surface area (Å²) in [5, 5.41) is 7.34. The Kier molecular flexibility index (Phi) is 4.16. The lowest BCUT2D eigenvalue weighted by atomic mass is 10.2. The van der Waals surface area contributed by atoms with Gasteiger partial charge in [0.25, 0.3) is 5.91 Å². The van der Waals surface area contributed by atoms with Crippen LogP contribution in [0.4, 0.5) is 10.2 Å². The van der Waals surface area contributed by atoms with E-state index >= 15 is 0 Å². The monoisotopic (exact) mass is 369 g/mol. The van der Waals surface area contributed by atoms with E-state index in [4.69, 9.17) is 0 Å². The standard InChI is InChI=1S/C19H16FN3O2S/c1-12-6-2-5-9-17(12)23-18(14-10-26(25)11-16(14)22-23)21-19(24)13-7-3-4-8-15(13)20/h2-9H,10-11H2,1H3,(H,21,24). The highest BCUT2D eigenvalue weighted by Gasteiger charge is 2.29. The Morgan fingerprint density at radius 3 is 2.65 bits per heavy atom. The predicted molar refractivity (Wildman–Crippen MR) is 98.2 cm³/mol. The third-order valence-electron chi connectivity index (χ3n) is 4.36. The first-order chi connectivity index (χ1) is 12.5. The second-order valence-electron chi connectivity index (χ2n) is 6.13. The van der Waals surface area contributed by atoms with Gasteiger partial charge in [0.05, 0.1) is 28.5 Å². The Morgan fingerprint density at radius 1 is 1.15 bits per heavy atom. The molecule has 0 radical (unpaired) electrons. The van der Waals surface area contributed by atoms with Crippen LogP contribution in [-0.2, 0) is 22.3 Å². The molecule has 1 unspecified atom stereocenters. The summed E-state index contributed by atoms with van der Waals surface area (Å²) in [5.74, 6) is -0.0101. The van der Waals surface area contributed by atoms with Gasteiger partial charge in [-0.15, -0.1) is 0 Å². The maximum Gasteiger partial charge on any atom is 0.259 e. The molecule has 0 saturated heterocycles. The third-order valence-corrected chi connectivity index (χ3v) is 5.57. The number of hydrogen-bond donors (Lipinski definition) is 1. The molecule has 1 N–H and O–H groups in total. The third kappa shape index (κ3) is 2.84. The maximum atomic E-state index is 14.0. The number of aryl methyl sites for hydroxylation is 1. The number of amides is 1. The van der Waals surface area contributed by atoms with Crippen molar-refractivity contribution in [3.63, 3.8) is 0 Å². The SMILES string of the molecule is Cc1ccccc1-n1nc2c(c1NC(=O)c1ccccc1F)CS(=O)C2. The van der Waals surface area contributed by atoms with Crippen LogP contribution in [0.25, 0.3) is 5.69 Å². The summed E-state index contributed by atoms with van der Waals surface area (Å²) in [6.07, 6.45) is 0. The van der Waals surface area contributed by atoms with Gasteiger partial charge in [-0.25, -0.2) is 9.07 Å². The second-order valence-corrected chi connectivity index (χ2v) is 7.59. The summed E-state index contributed by atoms with van der Waals surface area (Å²) in [6, 6.07) is 13.5. The zero-order valence-electron chi connectivity index (χ0n) is 14.0. The van der Waals surface area contributed by atoms with Crippen molar-refractivity contribution >= 4 is 22.5 Å². The van der Waals surface area contributed by atoms with E-state index in [1.807, 2.05) is 31.2 Å². The molecule has 2 heterocycles. The van der Waals surface area contributed by atoms with Crippen LogP contribution in [0.5, 0.6) is 0 Å². The van der Waals surface area contributed by atoms with Crippen LogP contribution in [0.3, 0.4) is 0 Å². The highest BCUT2D eigenvalue weighted by molar-refractivity contribution is 7.83. The largest absolute Gasteiger partial charge is 0.306 e. The first-order valence-electron chi connectivity index (χ1n) is 8.12. The Balaban J connectivity index is 1.80. The van der Waals surface area contributed by atoms with Crippen molar-refractivity contribution in [1.29, 1.82) is 0 Å². The molecule has 5 nitrogen and oxygen atoms in total. The first-order valence-corrected chi connectivity index (χ1v) is 9.61. The number of hydrogen-bond acceptors (Lipinski definition) is 3. The molecule has 0 bridgehead atoms. The number of halogens is 1. The lowest BCUT2D eigenvalue weighted by Gasteiger charge is -2.13. The molecular weight excluding hydrogens is 353 g/mol. The number of anilines is 1. The summed E-state index contributed by atoms with van der Waals surface area (Å²) >= 11 is 0. The molecule has 1 amide bonds. The zero-order valence-corrected chi connectivity index (χ0v) is 14.8. The van der Waals surface area contributed by atoms with Gasteiger partial charge < -0.3 is 5.32 Å². The number of fused-ring (bicyclic) bond motifs is 1. The van der Waals surface area contributed by atoms with Crippen molar-refractivity contribution in [2.45, 2.75) is 18.4 Å². The van der Waals surface area contributed by atoms with Crippen LogP contribution in [0.15, 0.2) is 48.5 Å². The Hall–Kier alpha value is -2.80. The van der Waals surface area contributed by atoms with Crippen LogP contribution < -0.4 is 5.32 Å². The minimum absolute atomic E-state index is 0.0436. The van der Waals surface area contributed by atoms with E-state index in [9.17, 15) is 13.4 Å². The lowest BCUT2D eigenvalue weighted by molar-refractivity contribution is 0.102. The first kappa shape index (κ1) is 16.7. The number of rotatable bonds is 3. The molecule has 3 aromatic rings. The molecule has 132 valence electrons. The number of aromatic nitrogens is 2. The second kappa shape index (κ2) is 6.49. The van der Waals surface area contributed by atoms with E-state index in [0.29, 0.717) is 23.0 Å². The molecule has 1 atom stereocenters. The molecule has 1 aromatic heterocycles. The number of benzene rings is 2. The van der Waals surface area contributed by atoms with E-state index in [-0.39, 0.29) is 5.56 Å². The number of nitrogens with one attached hydrogen (secondary N) is 1. The molecule has 1 aliphatic rings. The van der Waals surface area contributed by atoms with Gasteiger partial charge in [0.1, 0.15) is 11.6 Å². The molecule has 0 saturated carbocycles. The van der Waals surface area contributed by atoms with Crippen molar-refractivity contribution in [2.75, 3.05) is 5.32 Å². The lowest BCUT2D eigenvalue weighted by Crippen LogP contribution is -2.18. The van der Waals surface area contributed by atoms with Crippen LogP contribution >= 0.6 is 0 Å². The minimum atomic E-state index is -1.03.